The number of nitrogens with two attached hydrogens (primary N) is 1. The van der Waals surface area contributed by atoms with Crippen LogP contribution in [0.1, 0.15) is 26.2 Å². The van der Waals surface area contributed by atoms with Gasteiger partial charge in [0, 0.05) is 36.4 Å². The molecule has 2 fully saturated rings. The van der Waals surface area contributed by atoms with E-state index < -0.39 is 5.92 Å². The van der Waals surface area contributed by atoms with Crippen molar-refractivity contribution < 1.29 is 9.59 Å². The molecule has 0 bridgehead atoms. The number of piperidine rings is 1. The van der Waals surface area contributed by atoms with Crippen molar-refractivity contribution in [3.8, 4) is 0 Å². The minimum absolute atomic E-state index is 0.0464. The van der Waals surface area contributed by atoms with Crippen molar-refractivity contribution in [2.75, 3.05) is 24.5 Å². The van der Waals surface area contributed by atoms with Gasteiger partial charge in [-0.2, -0.15) is 0 Å². The first kappa shape index (κ1) is 17.2. The van der Waals surface area contributed by atoms with Gasteiger partial charge < -0.3 is 15.5 Å². The molecule has 2 amide bonds. The molecule has 2 heterocycles. The Hall–Kier alpha value is -1.59. The maximum Gasteiger partial charge on any atom is 0.239 e. The van der Waals surface area contributed by atoms with Gasteiger partial charge in [-0.3, -0.25) is 9.59 Å². The van der Waals surface area contributed by atoms with Gasteiger partial charge in [-0.1, -0.05) is 17.7 Å². The van der Waals surface area contributed by atoms with Crippen LogP contribution in [0.2, 0.25) is 5.02 Å². The smallest absolute Gasteiger partial charge is 0.239 e. The molecule has 5 nitrogen and oxygen atoms in total. The van der Waals surface area contributed by atoms with Crippen LogP contribution in [-0.2, 0) is 9.59 Å². The van der Waals surface area contributed by atoms with Crippen molar-refractivity contribution >= 4 is 29.1 Å². The monoisotopic (exact) mass is 349 g/mol. The van der Waals surface area contributed by atoms with Crippen molar-refractivity contribution in [2.45, 2.75) is 32.2 Å². The lowest BCUT2D eigenvalue weighted by Gasteiger charge is -2.35. The lowest BCUT2D eigenvalue weighted by atomic mass is 9.91. The normalized spacial score (nSPS) is 25.9. The molecular weight excluding hydrogens is 326 g/mol. The molecular formula is C18H24ClN3O2. The lowest BCUT2D eigenvalue weighted by molar-refractivity contribution is -0.141. The van der Waals surface area contributed by atoms with Crippen LogP contribution in [0, 0.1) is 11.8 Å². The zero-order chi connectivity index (χ0) is 17.3. The maximum atomic E-state index is 12.8. The zero-order valence-electron chi connectivity index (χ0n) is 14.0. The molecule has 2 aliphatic heterocycles. The van der Waals surface area contributed by atoms with Gasteiger partial charge in [-0.15, -0.1) is 0 Å². The standard InChI is InChI=1S/C18H24ClN3O2/c1-12(20)13-4-3-8-21(11-13)17(23)16-7-9-22(18(16)24)15-6-2-5-14(19)10-15/h2,5-6,10,12-13,16H,3-4,7-9,11,20H2,1H3. The van der Waals surface area contributed by atoms with Crippen LogP contribution in [-0.4, -0.2) is 42.4 Å². The van der Waals surface area contributed by atoms with Gasteiger partial charge in [0.25, 0.3) is 0 Å². The number of likely N-dealkylation sites (tertiary alicyclic amines) is 1. The molecule has 3 rings (SSSR count). The van der Waals surface area contributed by atoms with Crippen LogP contribution in [0.15, 0.2) is 24.3 Å². The van der Waals surface area contributed by atoms with Crippen molar-refractivity contribution in [2.24, 2.45) is 17.6 Å². The van der Waals surface area contributed by atoms with E-state index in [1.165, 1.54) is 0 Å². The highest BCUT2D eigenvalue weighted by Gasteiger charge is 2.40. The van der Waals surface area contributed by atoms with Gasteiger partial charge in [0.05, 0.1) is 0 Å². The van der Waals surface area contributed by atoms with Gasteiger partial charge >= 0.3 is 0 Å². The summed E-state index contributed by atoms with van der Waals surface area (Å²) < 4.78 is 0. The van der Waals surface area contributed by atoms with Crippen molar-refractivity contribution in [3.05, 3.63) is 29.3 Å². The molecule has 0 spiro atoms. The average Bonchev–Trinajstić information content (AvgIpc) is 2.96. The van der Waals surface area contributed by atoms with E-state index in [0.717, 1.165) is 25.1 Å². The Labute approximate surface area is 147 Å². The van der Waals surface area contributed by atoms with Gasteiger partial charge in [0.1, 0.15) is 5.92 Å². The molecule has 130 valence electrons. The Bertz CT molecular complexity index is 634. The fraction of sp³-hybridized carbons (Fsp3) is 0.556. The zero-order valence-corrected chi connectivity index (χ0v) is 14.7. The van der Waals surface area contributed by atoms with Crippen molar-refractivity contribution in [1.82, 2.24) is 4.90 Å². The van der Waals surface area contributed by atoms with Gasteiger partial charge in [0.2, 0.25) is 11.8 Å². The number of nitrogens with zero attached hydrogens (tertiary/aromatic N) is 2. The summed E-state index contributed by atoms with van der Waals surface area (Å²) in [5.74, 6) is -0.417. The van der Waals surface area contributed by atoms with E-state index in [-0.39, 0.29) is 17.9 Å². The SMILES string of the molecule is CC(N)C1CCCN(C(=O)C2CCN(c3cccc(Cl)c3)C2=O)C1. The Balaban J connectivity index is 1.69. The first-order valence-corrected chi connectivity index (χ1v) is 8.96. The highest BCUT2D eigenvalue weighted by Crippen LogP contribution is 2.29. The summed E-state index contributed by atoms with van der Waals surface area (Å²) in [6.07, 6.45) is 2.56. The molecule has 3 unspecified atom stereocenters. The van der Waals surface area contributed by atoms with E-state index >= 15 is 0 Å². The van der Waals surface area contributed by atoms with Crippen LogP contribution in [0.25, 0.3) is 0 Å². The first-order valence-electron chi connectivity index (χ1n) is 8.58. The van der Waals surface area contributed by atoms with Gasteiger partial charge in [-0.25, -0.2) is 0 Å². The highest BCUT2D eigenvalue weighted by atomic mass is 35.5. The van der Waals surface area contributed by atoms with Crippen LogP contribution >= 0.6 is 11.6 Å². The van der Waals surface area contributed by atoms with E-state index in [1.807, 2.05) is 24.0 Å². The molecule has 3 atom stereocenters. The summed E-state index contributed by atoms with van der Waals surface area (Å²) in [5.41, 5.74) is 6.76. The number of carbonyl (C=O) groups excluding carboxylic acids is 2. The number of hydrogen-bond acceptors (Lipinski definition) is 3. The number of hydrogen-bond donors (Lipinski definition) is 1. The van der Waals surface area contributed by atoms with E-state index in [4.69, 9.17) is 17.3 Å². The van der Waals surface area contributed by atoms with Crippen LogP contribution in [0.3, 0.4) is 0 Å². The Morgan fingerprint density at radius 1 is 1.33 bits per heavy atom. The molecule has 2 saturated heterocycles. The summed E-state index contributed by atoms with van der Waals surface area (Å²) in [6.45, 7) is 3.93. The molecule has 24 heavy (non-hydrogen) atoms. The minimum atomic E-state index is -0.573. The summed E-state index contributed by atoms with van der Waals surface area (Å²) in [5, 5.41) is 0.589. The summed E-state index contributed by atoms with van der Waals surface area (Å²) in [7, 11) is 0. The Kier molecular flexibility index (Phi) is 5.11. The predicted octanol–water partition coefficient (Wildman–Crippen LogP) is 2.28. The topological polar surface area (TPSA) is 66.6 Å². The minimum Gasteiger partial charge on any atom is -0.342 e. The fourth-order valence-corrected chi connectivity index (χ4v) is 3.85. The number of amides is 2. The number of halogens is 1. The Morgan fingerprint density at radius 2 is 2.12 bits per heavy atom. The van der Waals surface area contributed by atoms with Gasteiger partial charge in [0.15, 0.2) is 0 Å². The van der Waals surface area contributed by atoms with Crippen LogP contribution < -0.4 is 10.6 Å². The van der Waals surface area contributed by atoms with Crippen LogP contribution in [0.5, 0.6) is 0 Å². The summed E-state index contributed by atoms with van der Waals surface area (Å²) in [4.78, 5) is 29.1. The highest BCUT2D eigenvalue weighted by molar-refractivity contribution is 6.31. The van der Waals surface area contributed by atoms with E-state index in [9.17, 15) is 9.59 Å². The van der Waals surface area contributed by atoms with E-state index in [0.29, 0.717) is 30.5 Å². The van der Waals surface area contributed by atoms with Crippen molar-refractivity contribution in [3.63, 3.8) is 0 Å². The quantitative estimate of drug-likeness (QED) is 0.851. The average molecular weight is 350 g/mol. The first-order chi connectivity index (χ1) is 11.5. The van der Waals surface area contributed by atoms with E-state index in [2.05, 4.69) is 0 Å². The fourth-order valence-electron chi connectivity index (χ4n) is 3.67. The molecule has 1 aromatic carbocycles. The molecule has 2 N–H and O–H groups in total. The molecule has 1 aromatic rings. The third kappa shape index (κ3) is 3.42. The molecule has 6 heteroatoms. The van der Waals surface area contributed by atoms with Gasteiger partial charge in [-0.05, 0) is 50.3 Å². The molecule has 2 aliphatic rings. The number of carbonyl (C=O) groups is 2. The second kappa shape index (κ2) is 7.11. The second-order valence-electron chi connectivity index (χ2n) is 6.86. The molecule has 0 aliphatic carbocycles. The molecule has 0 radical (unpaired) electrons. The number of rotatable bonds is 3. The number of anilines is 1. The van der Waals surface area contributed by atoms with Crippen molar-refractivity contribution in [1.29, 1.82) is 0 Å². The summed E-state index contributed by atoms with van der Waals surface area (Å²) >= 11 is 6.01. The maximum absolute atomic E-state index is 12.8. The molecule has 0 aromatic heterocycles. The third-order valence-corrected chi connectivity index (χ3v) is 5.37. The van der Waals surface area contributed by atoms with Crippen LogP contribution in [0.4, 0.5) is 5.69 Å². The van der Waals surface area contributed by atoms with E-state index in [1.54, 1.807) is 17.0 Å². The largest absolute Gasteiger partial charge is 0.342 e. The summed E-state index contributed by atoms with van der Waals surface area (Å²) in [6, 6.07) is 7.28. The molecule has 0 saturated carbocycles. The predicted molar refractivity (Wildman–Crippen MR) is 94.9 cm³/mol. The lowest BCUT2D eigenvalue weighted by Crippen LogP contribution is -2.48. The number of benzene rings is 1. The second-order valence-corrected chi connectivity index (χ2v) is 7.29. The Morgan fingerprint density at radius 3 is 2.83 bits per heavy atom. The third-order valence-electron chi connectivity index (χ3n) is 5.14.